The number of imide groups is 1. The smallest absolute Gasteiger partial charge is 0.325 e. The average Bonchev–Trinajstić information content (AvgIpc) is 2.76. The third-order valence-electron chi connectivity index (χ3n) is 3.36. The molecule has 3 amide bonds. The molecule has 0 saturated carbocycles. The van der Waals surface area contributed by atoms with Gasteiger partial charge in [-0.05, 0) is 13.3 Å². The molecule has 116 valence electrons. The molecule has 0 bridgehead atoms. The number of halogens is 1. The molecule has 2 rings (SSSR count). The first-order valence-electron chi connectivity index (χ1n) is 6.82. The van der Waals surface area contributed by atoms with Crippen LogP contribution < -0.4 is 5.32 Å². The highest BCUT2D eigenvalue weighted by Gasteiger charge is 2.48. The van der Waals surface area contributed by atoms with Gasteiger partial charge in [0, 0.05) is 24.4 Å². The standard InChI is InChI=1S/C13H19ClN4O2S/c1-4-6-18-9-10(17(3)12(20)16-11(9)19)15-13(18)21-7-5-8(2)14/h5,9-10H,4,6-7H2,1-3H3,(H,16,19,20)/b8-5-. The van der Waals surface area contributed by atoms with E-state index in [2.05, 4.69) is 10.3 Å². The van der Waals surface area contributed by atoms with Gasteiger partial charge in [0.15, 0.2) is 17.4 Å². The highest BCUT2D eigenvalue weighted by Crippen LogP contribution is 2.28. The molecule has 1 saturated heterocycles. The number of amidine groups is 1. The molecule has 6 nitrogen and oxygen atoms in total. The first kappa shape index (κ1) is 16.2. The molecule has 1 N–H and O–H groups in total. The Bertz CT molecular complexity index is 504. The van der Waals surface area contributed by atoms with Crippen molar-refractivity contribution in [1.29, 1.82) is 0 Å². The number of fused-ring (bicyclic) bond motifs is 1. The van der Waals surface area contributed by atoms with Gasteiger partial charge in [-0.15, -0.1) is 0 Å². The lowest BCUT2D eigenvalue weighted by Gasteiger charge is -2.36. The average molecular weight is 331 g/mol. The Hall–Kier alpha value is -1.21. The van der Waals surface area contributed by atoms with Crippen molar-refractivity contribution in [3.63, 3.8) is 0 Å². The van der Waals surface area contributed by atoms with Crippen LogP contribution in [-0.2, 0) is 4.79 Å². The molecular weight excluding hydrogens is 312 g/mol. The lowest BCUT2D eigenvalue weighted by atomic mass is 10.1. The number of thioether (sulfide) groups is 1. The summed E-state index contributed by atoms with van der Waals surface area (Å²) < 4.78 is 0. The quantitative estimate of drug-likeness (QED) is 0.854. The van der Waals surface area contributed by atoms with Crippen LogP contribution in [0, 0.1) is 0 Å². The largest absolute Gasteiger partial charge is 0.336 e. The van der Waals surface area contributed by atoms with E-state index in [-0.39, 0.29) is 5.91 Å². The van der Waals surface area contributed by atoms with Crippen molar-refractivity contribution in [2.24, 2.45) is 4.99 Å². The highest BCUT2D eigenvalue weighted by atomic mass is 35.5. The second-order valence-corrected chi connectivity index (χ2v) is 6.55. The van der Waals surface area contributed by atoms with Crippen molar-refractivity contribution in [3.05, 3.63) is 11.1 Å². The number of hydrogen-bond donors (Lipinski definition) is 1. The SMILES string of the molecule is CCCN1C(SC/C=C(/C)Cl)=NC2C1C(=O)NC(=O)N2C. The van der Waals surface area contributed by atoms with Crippen LogP contribution in [0.1, 0.15) is 20.3 Å². The molecule has 1 fully saturated rings. The van der Waals surface area contributed by atoms with Crippen LogP contribution in [0.4, 0.5) is 4.79 Å². The zero-order valence-electron chi connectivity index (χ0n) is 12.3. The number of allylic oxidation sites excluding steroid dienone is 1. The summed E-state index contributed by atoms with van der Waals surface area (Å²) in [4.78, 5) is 31.8. The molecule has 0 aliphatic carbocycles. The highest BCUT2D eigenvalue weighted by molar-refractivity contribution is 8.13. The van der Waals surface area contributed by atoms with Crippen LogP contribution in [0.5, 0.6) is 0 Å². The summed E-state index contributed by atoms with van der Waals surface area (Å²) in [5.41, 5.74) is 0. The Labute approximate surface area is 133 Å². The van der Waals surface area contributed by atoms with Crippen molar-refractivity contribution in [3.8, 4) is 0 Å². The van der Waals surface area contributed by atoms with Gasteiger partial charge in [0.1, 0.15) is 0 Å². The van der Waals surface area contributed by atoms with Crippen LogP contribution >= 0.6 is 23.4 Å². The summed E-state index contributed by atoms with van der Waals surface area (Å²) in [6, 6.07) is -0.833. The zero-order valence-corrected chi connectivity index (χ0v) is 13.9. The fourth-order valence-corrected chi connectivity index (χ4v) is 3.53. The Morgan fingerprint density at radius 1 is 1.52 bits per heavy atom. The molecule has 2 aliphatic heterocycles. The second-order valence-electron chi connectivity index (χ2n) is 4.97. The lowest BCUT2D eigenvalue weighted by Crippen LogP contribution is -2.63. The number of carbonyl (C=O) groups is 2. The predicted octanol–water partition coefficient (Wildman–Crippen LogP) is 1.82. The van der Waals surface area contributed by atoms with Crippen molar-refractivity contribution in [1.82, 2.24) is 15.1 Å². The second kappa shape index (κ2) is 6.70. The van der Waals surface area contributed by atoms with Gasteiger partial charge in [0.05, 0.1) is 0 Å². The summed E-state index contributed by atoms with van der Waals surface area (Å²) in [5, 5.41) is 3.89. The number of nitrogens with one attached hydrogen (secondary N) is 1. The molecule has 2 atom stereocenters. The van der Waals surface area contributed by atoms with Crippen LogP contribution in [0.15, 0.2) is 16.1 Å². The van der Waals surface area contributed by atoms with Crippen LogP contribution in [0.2, 0.25) is 0 Å². The minimum absolute atomic E-state index is 0.278. The summed E-state index contributed by atoms with van der Waals surface area (Å²) in [6.45, 7) is 4.60. The summed E-state index contributed by atoms with van der Waals surface area (Å²) in [6.07, 6.45) is 2.36. The molecule has 0 aromatic heterocycles. The van der Waals surface area contributed by atoms with E-state index in [9.17, 15) is 9.59 Å². The van der Waals surface area contributed by atoms with E-state index in [0.29, 0.717) is 5.75 Å². The third-order valence-corrected chi connectivity index (χ3v) is 4.45. The van der Waals surface area contributed by atoms with Crippen molar-refractivity contribution >= 4 is 40.5 Å². The first-order valence-corrected chi connectivity index (χ1v) is 8.19. The minimum Gasteiger partial charge on any atom is -0.336 e. The number of urea groups is 1. The van der Waals surface area contributed by atoms with Crippen molar-refractivity contribution < 1.29 is 9.59 Å². The van der Waals surface area contributed by atoms with Crippen LogP contribution in [0.25, 0.3) is 0 Å². The van der Waals surface area contributed by atoms with Gasteiger partial charge in [0.2, 0.25) is 0 Å². The maximum atomic E-state index is 12.1. The number of nitrogens with zero attached hydrogens (tertiary/aromatic N) is 3. The first-order chi connectivity index (χ1) is 9.95. The van der Waals surface area contributed by atoms with Gasteiger partial charge in [-0.3, -0.25) is 10.1 Å². The van der Waals surface area contributed by atoms with Gasteiger partial charge >= 0.3 is 6.03 Å². The van der Waals surface area contributed by atoms with Crippen LogP contribution in [-0.4, -0.2) is 58.5 Å². The van der Waals surface area contributed by atoms with Gasteiger partial charge in [-0.2, -0.15) is 0 Å². The maximum Gasteiger partial charge on any atom is 0.325 e. The Kier molecular flexibility index (Phi) is 5.16. The topological polar surface area (TPSA) is 65.0 Å². The molecule has 2 aliphatic rings. The van der Waals surface area contributed by atoms with E-state index in [1.807, 2.05) is 24.8 Å². The molecule has 2 heterocycles. The zero-order chi connectivity index (χ0) is 15.6. The number of hydrogen-bond acceptors (Lipinski definition) is 5. The van der Waals surface area contributed by atoms with Crippen molar-refractivity contribution in [2.75, 3.05) is 19.3 Å². The van der Waals surface area contributed by atoms with E-state index >= 15 is 0 Å². The summed E-state index contributed by atoms with van der Waals surface area (Å²) in [5.74, 6) is 0.410. The molecule has 8 heteroatoms. The number of aliphatic imine (C=N–C) groups is 1. The summed E-state index contributed by atoms with van der Waals surface area (Å²) >= 11 is 7.35. The third kappa shape index (κ3) is 3.35. The van der Waals surface area contributed by atoms with Gasteiger partial charge in [0.25, 0.3) is 5.91 Å². The Morgan fingerprint density at radius 3 is 2.86 bits per heavy atom. The molecule has 0 aromatic carbocycles. The number of carbonyl (C=O) groups excluding carboxylic acids is 2. The Balaban J connectivity index is 2.20. The fourth-order valence-electron chi connectivity index (χ4n) is 2.33. The molecular formula is C13H19ClN4O2S. The fraction of sp³-hybridized carbons (Fsp3) is 0.615. The van der Waals surface area contributed by atoms with Crippen molar-refractivity contribution in [2.45, 2.75) is 32.5 Å². The molecule has 21 heavy (non-hydrogen) atoms. The molecule has 2 unspecified atom stereocenters. The van der Waals surface area contributed by atoms with Gasteiger partial charge in [-0.25, -0.2) is 9.79 Å². The number of rotatable bonds is 4. The molecule has 0 spiro atoms. The van der Waals surface area contributed by atoms with Crippen LogP contribution in [0.3, 0.4) is 0 Å². The number of likely N-dealkylation sites (N-methyl/N-ethyl adjacent to an activating group) is 1. The summed E-state index contributed by atoms with van der Waals surface area (Å²) in [7, 11) is 1.66. The van der Waals surface area contributed by atoms with E-state index in [1.54, 1.807) is 7.05 Å². The molecule has 0 aromatic rings. The van der Waals surface area contributed by atoms with Gasteiger partial charge in [-0.1, -0.05) is 36.4 Å². The van der Waals surface area contributed by atoms with E-state index in [1.165, 1.54) is 16.7 Å². The van der Waals surface area contributed by atoms with Gasteiger partial charge < -0.3 is 9.80 Å². The van der Waals surface area contributed by atoms with E-state index in [4.69, 9.17) is 11.6 Å². The predicted molar refractivity (Wildman–Crippen MR) is 85.4 cm³/mol. The minimum atomic E-state index is -0.443. The normalized spacial score (nSPS) is 25.9. The monoisotopic (exact) mass is 330 g/mol. The van der Waals surface area contributed by atoms with E-state index < -0.39 is 18.2 Å². The van der Waals surface area contributed by atoms with E-state index in [0.717, 1.165) is 23.2 Å². The lowest BCUT2D eigenvalue weighted by molar-refractivity contribution is -0.127. The maximum absolute atomic E-state index is 12.1. The Morgan fingerprint density at radius 2 is 2.24 bits per heavy atom. The molecule has 0 radical (unpaired) electrons. The number of amides is 3.